The number of alkyl halides is 1. The normalized spacial score (nSPS) is 40.7. The van der Waals surface area contributed by atoms with Crippen molar-refractivity contribution in [1.29, 1.82) is 0 Å². The Labute approximate surface area is 191 Å². The highest BCUT2D eigenvalue weighted by atomic mass is 35.5. The van der Waals surface area contributed by atoms with Crippen LogP contribution >= 0.6 is 23.2 Å². The summed E-state index contributed by atoms with van der Waals surface area (Å²) in [5.74, 6) is 1.78. The second-order valence-corrected chi connectivity index (χ2v) is 10.6. The Bertz CT molecular complexity index is 1030. The highest BCUT2D eigenvalue weighted by Gasteiger charge is 2.64. The summed E-state index contributed by atoms with van der Waals surface area (Å²) < 4.78 is 20.7. The summed E-state index contributed by atoms with van der Waals surface area (Å²) in [5, 5.41) is 3.80. The lowest BCUT2D eigenvalue weighted by atomic mass is 9.95. The Morgan fingerprint density at radius 2 is 2.06 bits per heavy atom. The molecule has 2 aliphatic carbocycles. The molecule has 4 fully saturated rings. The number of halogens is 2. The molecule has 7 atom stereocenters. The summed E-state index contributed by atoms with van der Waals surface area (Å²) in [6.45, 7) is 5.80. The minimum Gasteiger partial charge on any atom is -0.365 e. The average molecular weight is 468 g/mol. The maximum Gasteiger partial charge on any atom is 0.226 e. The first-order valence-electron chi connectivity index (χ1n) is 11.0. The summed E-state index contributed by atoms with van der Waals surface area (Å²) in [7, 11) is 0. The first kappa shape index (κ1) is 20.4. The van der Waals surface area contributed by atoms with E-state index < -0.39 is 17.6 Å². The summed E-state index contributed by atoms with van der Waals surface area (Å²) >= 11 is 12.6. The maximum atomic E-state index is 6.35. The van der Waals surface area contributed by atoms with Crippen LogP contribution in [0.2, 0.25) is 5.28 Å². The summed E-state index contributed by atoms with van der Waals surface area (Å²) in [6, 6.07) is 0.413. The molecule has 168 valence electrons. The molecule has 2 saturated carbocycles. The van der Waals surface area contributed by atoms with Crippen LogP contribution < -0.4 is 5.32 Å². The van der Waals surface area contributed by atoms with E-state index in [4.69, 9.17) is 37.4 Å². The van der Waals surface area contributed by atoms with Gasteiger partial charge in [0, 0.05) is 6.04 Å². The Hall–Kier alpha value is -1.19. The molecule has 4 aliphatic rings. The van der Waals surface area contributed by atoms with Crippen LogP contribution in [0.1, 0.15) is 52.7 Å². The third-order valence-electron chi connectivity index (χ3n) is 7.43. The topological polar surface area (TPSA) is 83.3 Å². The van der Waals surface area contributed by atoms with Crippen LogP contribution in [0.4, 0.5) is 5.82 Å². The van der Waals surface area contributed by atoms with E-state index in [1.807, 2.05) is 25.3 Å². The summed E-state index contributed by atoms with van der Waals surface area (Å²) in [6.07, 6.45) is 5.71. The molecule has 2 aromatic rings. The van der Waals surface area contributed by atoms with Gasteiger partial charge in [0.05, 0.1) is 12.2 Å². The minimum absolute atomic E-state index is 0.178. The van der Waals surface area contributed by atoms with Gasteiger partial charge in [-0.15, -0.1) is 11.6 Å². The molecule has 0 aromatic carbocycles. The van der Waals surface area contributed by atoms with E-state index in [1.54, 1.807) is 6.33 Å². The second-order valence-electron chi connectivity index (χ2n) is 10.00. The number of nitrogens with one attached hydrogen (secondary N) is 1. The summed E-state index contributed by atoms with van der Waals surface area (Å²) in [5.41, 5.74) is 0.550. The number of ether oxygens (including phenoxy) is 3. The van der Waals surface area contributed by atoms with Gasteiger partial charge in [0.15, 0.2) is 29.0 Å². The molecule has 8 nitrogen and oxygen atoms in total. The lowest BCUT2D eigenvalue weighted by Gasteiger charge is -2.30. The smallest absolute Gasteiger partial charge is 0.226 e. The fourth-order valence-corrected chi connectivity index (χ4v) is 6.66. The van der Waals surface area contributed by atoms with Gasteiger partial charge < -0.3 is 19.5 Å². The molecule has 2 saturated heterocycles. The monoisotopic (exact) mass is 467 g/mol. The van der Waals surface area contributed by atoms with E-state index in [9.17, 15) is 0 Å². The van der Waals surface area contributed by atoms with Gasteiger partial charge >= 0.3 is 0 Å². The Morgan fingerprint density at radius 1 is 1.23 bits per heavy atom. The quantitative estimate of drug-likeness (QED) is 0.534. The largest absolute Gasteiger partial charge is 0.365 e. The number of nitrogens with zero attached hydrogens (tertiary/aromatic N) is 4. The van der Waals surface area contributed by atoms with Crippen LogP contribution in [-0.2, 0) is 14.2 Å². The molecule has 0 spiro atoms. The molecule has 0 amide bonds. The molecule has 0 unspecified atom stereocenters. The molecule has 0 radical (unpaired) electrons. The molecular weight excluding hydrogens is 441 g/mol. The van der Waals surface area contributed by atoms with Gasteiger partial charge in [0.2, 0.25) is 5.28 Å². The van der Waals surface area contributed by atoms with E-state index in [2.05, 4.69) is 20.3 Å². The van der Waals surface area contributed by atoms with Crippen molar-refractivity contribution >= 4 is 40.2 Å². The van der Waals surface area contributed by atoms with Crippen LogP contribution in [0.25, 0.3) is 11.2 Å². The van der Waals surface area contributed by atoms with E-state index in [-0.39, 0.29) is 17.5 Å². The minimum atomic E-state index is -0.744. The average Bonchev–Trinajstić information content (AvgIpc) is 3.48. The SMILES string of the molecule is CC1(C)O[C@@H]2[C@@H](CCl)O[C@@H](n3cnc4c(N[C@H]5C[C@H]6CC[C@@H]5C6)nc(Cl)nc43)[C@]2(C)O1. The fraction of sp³-hybridized carbons (Fsp3) is 0.762. The number of aromatic nitrogens is 4. The lowest BCUT2D eigenvalue weighted by Crippen LogP contribution is -2.41. The summed E-state index contributed by atoms with van der Waals surface area (Å²) in [4.78, 5) is 13.6. The molecule has 6 rings (SSSR count). The van der Waals surface area contributed by atoms with E-state index in [0.717, 1.165) is 5.92 Å². The predicted octanol–water partition coefficient (Wildman–Crippen LogP) is 4.13. The molecule has 2 bridgehead atoms. The van der Waals surface area contributed by atoms with Gasteiger partial charge in [-0.3, -0.25) is 4.57 Å². The zero-order chi connectivity index (χ0) is 21.5. The van der Waals surface area contributed by atoms with Crippen molar-refractivity contribution in [3.05, 3.63) is 11.6 Å². The Kier molecular flexibility index (Phi) is 4.55. The lowest BCUT2D eigenvalue weighted by molar-refractivity contribution is -0.212. The standard InChI is InChI=1S/C21H27Cl2N5O3/c1-20(2)30-15-13(8-22)29-18(21(15,3)31-20)28-9-24-14-16(26-19(23)27-17(14)28)25-12-7-10-4-5-11(12)6-10/h9-13,15,18H,4-8H2,1-3H3,(H,25,26,27)/t10-,11+,12-,13+,15+,18+,21+/m0/s1. The van der Waals surface area contributed by atoms with E-state index in [0.29, 0.717) is 34.8 Å². The van der Waals surface area contributed by atoms with Gasteiger partial charge in [0.1, 0.15) is 17.8 Å². The second kappa shape index (κ2) is 6.90. The Balaban J connectivity index is 1.38. The predicted molar refractivity (Wildman–Crippen MR) is 116 cm³/mol. The number of rotatable bonds is 4. The van der Waals surface area contributed by atoms with Crippen molar-refractivity contribution < 1.29 is 14.2 Å². The molecule has 10 heteroatoms. The van der Waals surface area contributed by atoms with Crippen LogP contribution in [-0.4, -0.2) is 55.0 Å². The van der Waals surface area contributed by atoms with E-state index in [1.165, 1.54) is 25.7 Å². The van der Waals surface area contributed by atoms with Crippen molar-refractivity contribution in [2.24, 2.45) is 11.8 Å². The van der Waals surface area contributed by atoms with Crippen LogP contribution in [0.15, 0.2) is 6.33 Å². The van der Waals surface area contributed by atoms with Crippen LogP contribution in [0.3, 0.4) is 0 Å². The molecule has 2 aliphatic heterocycles. The molecule has 2 aromatic heterocycles. The van der Waals surface area contributed by atoms with Gasteiger partial charge in [-0.25, -0.2) is 4.98 Å². The van der Waals surface area contributed by atoms with Gasteiger partial charge in [-0.2, -0.15) is 9.97 Å². The molecule has 1 N–H and O–H groups in total. The number of hydrogen-bond donors (Lipinski definition) is 1. The Morgan fingerprint density at radius 3 is 2.77 bits per heavy atom. The molecule has 4 heterocycles. The zero-order valence-corrected chi connectivity index (χ0v) is 19.4. The van der Waals surface area contributed by atoms with Crippen LogP contribution in [0, 0.1) is 11.8 Å². The van der Waals surface area contributed by atoms with Gasteiger partial charge in [0.25, 0.3) is 0 Å². The molecular formula is C21H27Cl2N5O3. The van der Waals surface area contributed by atoms with Crippen molar-refractivity contribution in [2.45, 2.75) is 82.3 Å². The van der Waals surface area contributed by atoms with E-state index >= 15 is 0 Å². The van der Waals surface area contributed by atoms with Crippen molar-refractivity contribution in [1.82, 2.24) is 19.5 Å². The van der Waals surface area contributed by atoms with Crippen molar-refractivity contribution in [3.8, 4) is 0 Å². The third kappa shape index (κ3) is 3.09. The number of hydrogen-bond acceptors (Lipinski definition) is 7. The number of imidazole rings is 1. The van der Waals surface area contributed by atoms with Crippen molar-refractivity contribution in [2.75, 3.05) is 11.2 Å². The third-order valence-corrected chi connectivity index (χ3v) is 7.91. The number of anilines is 1. The fourth-order valence-electron chi connectivity index (χ4n) is 6.26. The van der Waals surface area contributed by atoms with Crippen LogP contribution in [0.5, 0.6) is 0 Å². The number of fused-ring (bicyclic) bond motifs is 4. The van der Waals surface area contributed by atoms with Gasteiger partial charge in [-0.05, 0) is 63.5 Å². The van der Waals surface area contributed by atoms with Crippen molar-refractivity contribution in [3.63, 3.8) is 0 Å². The highest BCUT2D eigenvalue weighted by molar-refractivity contribution is 6.28. The maximum absolute atomic E-state index is 6.35. The zero-order valence-electron chi connectivity index (χ0n) is 17.8. The van der Waals surface area contributed by atoms with Gasteiger partial charge in [-0.1, -0.05) is 6.42 Å². The highest BCUT2D eigenvalue weighted by Crippen LogP contribution is 2.52. The molecule has 31 heavy (non-hydrogen) atoms. The first-order valence-corrected chi connectivity index (χ1v) is 11.9. The first-order chi connectivity index (χ1) is 14.8.